The van der Waals surface area contributed by atoms with Gasteiger partial charge in [-0.1, -0.05) is 0 Å². The van der Waals surface area contributed by atoms with Crippen molar-refractivity contribution < 1.29 is 9.90 Å². The highest BCUT2D eigenvalue weighted by Gasteiger charge is 2.23. The number of amides is 1. The summed E-state index contributed by atoms with van der Waals surface area (Å²) in [6.07, 6.45) is 0. The third-order valence-electron chi connectivity index (χ3n) is 1.94. The maximum atomic E-state index is 10.7. The Morgan fingerprint density at radius 3 is 3.08 bits per heavy atom. The van der Waals surface area contributed by atoms with Gasteiger partial charge in [0.2, 0.25) is 5.91 Å². The van der Waals surface area contributed by atoms with Gasteiger partial charge in [0.15, 0.2) is 0 Å². The first-order chi connectivity index (χ1) is 5.74. The molecule has 3 N–H and O–H groups in total. The molecule has 1 unspecified atom stereocenters. The summed E-state index contributed by atoms with van der Waals surface area (Å²) in [6.45, 7) is 2.71. The SMILES string of the molecule is NC(=O)C1CN(CCO)CC[N]1. The number of aliphatic hydroxyl groups excluding tert-OH is 1. The van der Waals surface area contributed by atoms with Crippen molar-refractivity contribution in [2.75, 3.05) is 32.8 Å². The minimum absolute atomic E-state index is 0.117. The predicted molar refractivity (Wildman–Crippen MR) is 43.5 cm³/mol. The first kappa shape index (κ1) is 9.44. The molecule has 5 nitrogen and oxygen atoms in total. The largest absolute Gasteiger partial charge is 0.395 e. The fourth-order valence-corrected chi connectivity index (χ4v) is 1.27. The number of rotatable bonds is 3. The molecule has 1 aliphatic rings. The lowest BCUT2D eigenvalue weighted by molar-refractivity contribution is -0.121. The van der Waals surface area contributed by atoms with Crippen LogP contribution in [-0.2, 0) is 4.79 Å². The summed E-state index contributed by atoms with van der Waals surface area (Å²) in [5, 5.41) is 12.7. The number of primary amides is 1. The summed E-state index contributed by atoms with van der Waals surface area (Å²) in [4.78, 5) is 12.7. The molecular formula is C7H14N3O2. The molecule has 0 saturated carbocycles. The van der Waals surface area contributed by atoms with E-state index in [0.29, 0.717) is 19.6 Å². The van der Waals surface area contributed by atoms with Crippen LogP contribution in [-0.4, -0.2) is 54.7 Å². The van der Waals surface area contributed by atoms with Crippen molar-refractivity contribution in [2.24, 2.45) is 5.73 Å². The summed E-state index contributed by atoms with van der Waals surface area (Å²) in [5.74, 6) is -0.377. The monoisotopic (exact) mass is 172 g/mol. The second-order valence-electron chi connectivity index (χ2n) is 2.85. The maximum Gasteiger partial charge on any atom is 0.237 e. The molecule has 1 rings (SSSR count). The molecule has 0 aromatic heterocycles. The van der Waals surface area contributed by atoms with E-state index in [1.54, 1.807) is 0 Å². The minimum atomic E-state index is -0.384. The minimum Gasteiger partial charge on any atom is -0.395 e. The Hall–Kier alpha value is -0.650. The number of piperazine rings is 1. The molecule has 12 heavy (non-hydrogen) atoms. The topological polar surface area (TPSA) is 80.7 Å². The van der Waals surface area contributed by atoms with Crippen molar-refractivity contribution in [3.8, 4) is 0 Å². The number of hydrogen-bond donors (Lipinski definition) is 2. The Bertz CT molecular complexity index is 161. The lowest BCUT2D eigenvalue weighted by atomic mass is 10.2. The summed E-state index contributed by atoms with van der Waals surface area (Å²) < 4.78 is 0. The fourth-order valence-electron chi connectivity index (χ4n) is 1.27. The second kappa shape index (κ2) is 4.39. The van der Waals surface area contributed by atoms with Gasteiger partial charge in [-0.25, -0.2) is 5.32 Å². The third-order valence-corrected chi connectivity index (χ3v) is 1.94. The summed E-state index contributed by atoms with van der Waals surface area (Å²) in [5.41, 5.74) is 5.10. The smallest absolute Gasteiger partial charge is 0.237 e. The van der Waals surface area contributed by atoms with Gasteiger partial charge in [-0.2, -0.15) is 0 Å². The summed E-state index contributed by atoms with van der Waals surface area (Å²) in [7, 11) is 0. The Kier molecular flexibility index (Phi) is 3.46. The van der Waals surface area contributed by atoms with Gasteiger partial charge in [-0.15, -0.1) is 0 Å². The number of aliphatic hydroxyl groups is 1. The van der Waals surface area contributed by atoms with Crippen LogP contribution >= 0.6 is 0 Å². The van der Waals surface area contributed by atoms with Crippen molar-refractivity contribution in [1.29, 1.82) is 0 Å². The van der Waals surface area contributed by atoms with Crippen LogP contribution in [0.5, 0.6) is 0 Å². The summed E-state index contributed by atoms with van der Waals surface area (Å²) in [6, 6.07) is -0.384. The number of carbonyl (C=O) groups is 1. The van der Waals surface area contributed by atoms with Gasteiger partial charge < -0.3 is 10.8 Å². The zero-order valence-corrected chi connectivity index (χ0v) is 6.94. The number of nitrogens with zero attached hydrogens (tertiary/aromatic N) is 2. The average Bonchev–Trinajstić information content (AvgIpc) is 2.05. The van der Waals surface area contributed by atoms with E-state index in [1.165, 1.54) is 0 Å². The van der Waals surface area contributed by atoms with E-state index in [2.05, 4.69) is 5.32 Å². The van der Waals surface area contributed by atoms with Crippen molar-refractivity contribution >= 4 is 5.91 Å². The quantitative estimate of drug-likeness (QED) is 0.504. The van der Waals surface area contributed by atoms with E-state index in [0.717, 1.165) is 6.54 Å². The van der Waals surface area contributed by atoms with E-state index in [9.17, 15) is 4.79 Å². The van der Waals surface area contributed by atoms with Gasteiger partial charge in [-0.3, -0.25) is 9.69 Å². The molecule has 1 atom stereocenters. The Balaban J connectivity index is 2.35. The van der Waals surface area contributed by atoms with Crippen molar-refractivity contribution in [1.82, 2.24) is 10.2 Å². The average molecular weight is 172 g/mol. The molecule has 1 aliphatic heterocycles. The van der Waals surface area contributed by atoms with Crippen molar-refractivity contribution in [3.05, 3.63) is 0 Å². The summed E-state index contributed by atoms with van der Waals surface area (Å²) >= 11 is 0. The van der Waals surface area contributed by atoms with E-state index in [-0.39, 0.29) is 18.6 Å². The fraction of sp³-hybridized carbons (Fsp3) is 0.857. The molecule has 0 bridgehead atoms. The molecule has 1 radical (unpaired) electrons. The molecule has 0 aliphatic carbocycles. The van der Waals surface area contributed by atoms with E-state index < -0.39 is 0 Å². The lowest BCUT2D eigenvalue weighted by Crippen LogP contribution is -2.53. The second-order valence-corrected chi connectivity index (χ2v) is 2.85. The molecule has 1 fully saturated rings. The van der Waals surface area contributed by atoms with Gasteiger partial charge >= 0.3 is 0 Å². The zero-order chi connectivity index (χ0) is 8.97. The van der Waals surface area contributed by atoms with Crippen LogP contribution in [0.25, 0.3) is 0 Å². The molecule has 5 heteroatoms. The Labute approximate surface area is 71.5 Å². The molecule has 1 saturated heterocycles. The van der Waals surface area contributed by atoms with Crippen LogP contribution in [0.1, 0.15) is 0 Å². The molecule has 69 valence electrons. The highest BCUT2D eigenvalue weighted by molar-refractivity contribution is 5.80. The highest BCUT2D eigenvalue weighted by atomic mass is 16.3. The third kappa shape index (κ3) is 2.44. The van der Waals surface area contributed by atoms with Crippen LogP contribution in [0, 0.1) is 0 Å². The predicted octanol–water partition coefficient (Wildman–Crippen LogP) is -2.25. The highest BCUT2D eigenvalue weighted by Crippen LogP contribution is 1.98. The van der Waals surface area contributed by atoms with Crippen LogP contribution in [0.4, 0.5) is 0 Å². The molecule has 0 aromatic rings. The molecule has 0 aromatic carbocycles. The van der Waals surface area contributed by atoms with Crippen LogP contribution in [0.2, 0.25) is 0 Å². The number of β-amino-alcohol motifs (C(OH)–C–C–N with tert-alkyl or cyclic N) is 1. The van der Waals surface area contributed by atoms with Gasteiger partial charge in [0.05, 0.1) is 6.61 Å². The lowest BCUT2D eigenvalue weighted by Gasteiger charge is -2.30. The maximum absolute atomic E-state index is 10.7. The normalized spacial score (nSPS) is 25.6. The van der Waals surface area contributed by atoms with Crippen molar-refractivity contribution in [3.63, 3.8) is 0 Å². The molecule has 1 amide bonds. The number of hydrogen-bond acceptors (Lipinski definition) is 3. The molecular weight excluding hydrogens is 158 g/mol. The van der Waals surface area contributed by atoms with E-state index >= 15 is 0 Å². The van der Waals surface area contributed by atoms with E-state index in [4.69, 9.17) is 10.8 Å². The van der Waals surface area contributed by atoms with Crippen LogP contribution < -0.4 is 11.1 Å². The van der Waals surface area contributed by atoms with Gasteiger partial charge in [-0.05, 0) is 0 Å². The van der Waals surface area contributed by atoms with Crippen LogP contribution in [0.15, 0.2) is 0 Å². The van der Waals surface area contributed by atoms with Crippen molar-refractivity contribution in [2.45, 2.75) is 6.04 Å². The van der Waals surface area contributed by atoms with Gasteiger partial charge in [0.1, 0.15) is 6.04 Å². The first-order valence-electron chi connectivity index (χ1n) is 4.03. The van der Waals surface area contributed by atoms with E-state index in [1.807, 2.05) is 4.90 Å². The molecule has 1 heterocycles. The first-order valence-corrected chi connectivity index (χ1v) is 4.03. The van der Waals surface area contributed by atoms with Gasteiger partial charge in [0.25, 0.3) is 0 Å². The Morgan fingerprint density at radius 1 is 1.75 bits per heavy atom. The Morgan fingerprint density at radius 2 is 2.50 bits per heavy atom. The number of carbonyl (C=O) groups excluding carboxylic acids is 1. The number of nitrogens with two attached hydrogens (primary N) is 1. The van der Waals surface area contributed by atoms with Crippen LogP contribution in [0.3, 0.4) is 0 Å². The van der Waals surface area contributed by atoms with Gasteiger partial charge in [0, 0.05) is 26.2 Å². The zero-order valence-electron chi connectivity index (χ0n) is 6.94. The molecule has 0 spiro atoms. The standard InChI is InChI=1S/C7H14N3O2/c8-7(12)6-5-10(3-4-11)2-1-9-6/h6,11H,1-5H2,(H2,8,12).